The van der Waals surface area contributed by atoms with Gasteiger partial charge in [-0.3, -0.25) is 19.2 Å². The van der Waals surface area contributed by atoms with Crippen LogP contribution in [0.15, 0.2) is 67.0 Å². The van der Waals surface area contributed by atoms with Gasteiger partial charge in [0.05, 0.1) is 35.2 Å². The third-order valence-electron chi connectivity index (χ3n) is 8.08. The number of hydrogen-bond acceptors (Lipinski definition) is 5. The van der Waals surface area contributed by atoms with E-state index in [2.05, 4.69) is 26.8 Å². The van der Waals surface area contributed by atoms with E-state index < -0.39 is 11.3 Å². The minimum Gasteiger partial charge on any atom is -0.376 e. The number of amides is 2. The summed E-state index contributed by atoms with van der Waals surface area (Å²) in [4.78, 5) is 32.3. The van der Waals surface area contributed by atoms with Crippen LogP contribution >= 0.6 is 0 Å². The van der Waals surface area contributed by atoms with Crippen molar-refractivity contribution in [3.05, 3.63) is 78.1 Å². The molecule has 2 amide bonds. The number of benzene rings is 2. The number of para-hydroxylation sites is 1. The molecule has 2 aliphatic heterocycles. The number of nitrogens with zero attached hydrogens (tertiary/aromatic N) is 4. The van der Waals surface area contributed by atoms with Crippen molar-refractivity contribution in [3.8, 4) is 0 Å². The second-order valence-electron chi connectivity index (χ2n) is 10.3. The molecule has 2 saturated heterocycles. The van der Waals surface area contributed by atoms with Gasteiger partial charge in [0.2, 0.25) is 5.91 Å². The average Bonchev–Trinajstić information content (AvgIpc) is 3.37. The van der Waals surface area contributed by atoms with Gasteiger partial charge in [-0.05, 0) is 24.5 Å². The molecule has 8 nitrogen and oxygen atoms in total. The second kappa shape index (κ2) is 9.19. The van der Waals surface area contributed by atoms with E-state index in [4.69, 9.17) is 10.5 Å². The van der Waals surface area contributed by atoms with Crippen LogP contribution in [0.3, 0.4) is 0 Å². The van der Waals surface area contributed by atoms with Crippen molar-refractivity contribution in [3.63, 3.8) is 0 Å². The molecular weight excluding hydrogens is 466 g/mol. The van der Waals surface area contributed by atoms with E-state index in [-0.39, 0.29) is 11.8 Å². The molecule has 0 bridgehead atoms. The van der Waals surface area contributed by atoms with Crippen LogP contribution in [0.25, 0.3) is 21.8 Å². The molecule has 2 aliphatic rings. The van der Waals surface area contributed by atoms with E-state index in [1.807, 2.05) is 54.4 Å². The van der Waals surface area contributed by atoms with Crippen molar-refractivity contribution in [1.29, 1.82) is 0 Å². The number of carbonyl (C=O) groups is 2. The van der Waals surface area contributed by atoms with Gasteiger partial charge in [-0.25, -0.2) is 0 Å². The lowest BCUT2D eigenvalue weighted by Crippen LogP contribution is -2.54. The van der Waals surface area contributed by atoms with Crippen LogP contribution in [0.5, 0.6) is 0 Å². The van der Waals surface area contributed by atoms with Gasteiger partial charge in [-0.2, -0.15) is 0 Å². The number of hydrogen-bond donors (Lipinski definition) is 1. The van der Waals surface area contributed by atoms with Crippen LogP contribution in [-0.2, 0) is 16.1 Å². The molecule has 190 valence electrons. The number of primary amides is 1. The van der Waals surface area contributed by atoms with Gasteiger partial charge in [0.25, 0.3) is 5.91 Å². The first kappa shape index (κ1) is 23.5. The van der Waals surface area contributed by atoms with Gasteiger partial charge < -0.3 is 20.4 Å². The van der Waals surface area contributed by atoms with Crippen LogP contribution in [0, 0.1) is 11.3 Å². The SMILES string of the molecule is CN1CC(COCc2ccccc2)C2(CCCN(n3c4ccccc4c4cncc(C(N)=O)c43)C2)C1=O. The standard InChI is InChI=1S/C29H31N5O3/c1-32-16-21(18-37-17-20-8-3-2-4-9-20)29(28(32)36)12-7-13-33(19-29)34-25-11-6-5-10-22(25)23-14-31-15-24(26(23)34)27(30)35/h2-6,8-11,14-15,21H,7,12-13,16-19H2,1H3,(H2,30,35). The van der Waals surface area contributed by atoms with Crippen LogP contribution in [0.4, 0.5) is 0 Å². The van der Waals surface area contributed by atoms with Crippen LogP contribution in [0.2, 0.25) is 0 Å². The lowest BCUT2D eigenvalue weighted by atomic mass is 9.72. The molecule has 2 unspecified atom stereocenters. The number of pyridine rings is 1. The zero-order chi connectivity index (χ0) is 25.6. The highest BCUT2D eigenvalue weighted by molar-refractivity contribution is 6.15. The van der Waals surface area contributed by atoms with Crippen LogP contribution in [0.1, 0.15) is 28.8 Å². The fraction of sp³-hybridized carbons (Fsp3) is 0.345. The summed E-state index contributed by atoms with van der Waals surface area (Å²) in [7, 11) is 1.89. The third kappa shape index (κ3) is 3.83. The molecule has 4 aromatic rings. The smallest absolute Gasteiger partial charge is 0.252 e. The zero-order valence-electron chi connectivity index (χ0n) is 21.0. The number of carbonyl (C=O) groups excluding carboxylic acids is 2. The Morgan fingerprint density at radius 1 is 1.11 bits per heavy atom. The molecule has 8 heteroatoms. The summed E-state index contributed by atoms with van der Waals surface area (Å²) in [6, 6.07) is 18.2. The third-order valence-corrected chi connectivity index (χ3v) is 8.08. The number of aromatic nitrogens is 2. The average molecular weight is 498 g/mol. The Bertz CT molecular complexity index is 1480. The fourth-order valence-electron chi connectivity index (χ4n) is 6.35. The topological polar surface area (TPSA) is 93.7 Å². The molecule has 37 heavy (non-hydrogen) atoms. The van der Waals surface area contributed by atoms with E-state index in [9.17, 15) is 9.59 Å². The summed E-state index contributed by atoms with van der Waals surface area (Å²) in [5.74, 6) is -0.275. The molecule has 2 atom stereocenters. The maximum absolute atomic E-state index is 13.7. The number of piperidine rings is 1. The quantitative estimate of drug-likeness (QED) is 0.441. The summed E-state index contributed by atoms with van der Waals surface area (Å²) >= 11 is 0. The van der Waals surface area contributed by atoms with Gasteiger partial charge in [0.15, 0.2) is 0 Å². The molecule has 2 aromatic carbocycles. The summed E-state index contributed by atoms with van der Waals surface area (Å²) in [5, 5.41) is 4.11. The number of likely N-dealkylation sites (tertiary alicyclic amines) is 1. The maximum atomic E-state index is 13.7. The van der Waals surface area contributed by atoms with E-state index in [1.165, 1.54) is 6.20 Å². The Morgan fingerprint density at radius 3 is 2.70 bits per heavy atom. The van der Waals surface area contributed by atoms with Gasteiger partial charge in [-0.15, -0.1) is 0 Å². The highest BCUT2D eigenvalue weighted by Gasteiger charge is 2.55. The Morgan fingerprint density at radius 2 is 1.89 bits per heavy atom. The van der Waals surface area contributed by atoms with Crippen molar-refractivity contribution in [2.24, 2.45) is 17.1 Å². The fourth-order valence-corrected chi connectivity index (χ4v) is 6.35. The molecular formula is C29H31N5O3. The van der Waals surface area contributed by atoms with Crippen molar-refractivity contribution < 1.29 is 14.3 Å². The largest absolute Gasteiger partial charge is 0.376 e. The molecule has 2 fully saturated rings. The van der Waals surface area contributed by atoms with E-state index in [0.717, 1.165) is 46.8 Å². The minimum atomic E-state index is -0.554. The zero-order valence-corrected chi connectivity index (χ0v) is 21.0. The number of ether oxygens (including phenoxy) is 1. The molecule has 0 radical (unpaired) electrons. The lowest BCUT2D eigenvalue weighted by Gasteiger charge is -2.43. The Hall–Kier alpha value is -3.91. The predicted octanol–water partition coefficient (Wildman–Crippen LogP) is 3.31. The first-order chi connectivity index (χ1) is 18.0. The van der Waals surface area contributed by atoms with Crippen LogP contribution < -0.4 is 10.7 Å². The Kier molecular flexibility index (Phi) is 5.83. The molecule has 6 rings (SSSR count). The van der Waals surface area contributed by atoms with E-state index in [0.29, 0.717) is 31.9 Å². The Labute approximate surface area is 215 Å². The lowest BCUT2D eigenvalue weighted by molar-refractivity contribution is -0.137. The van der Waals surface area contributed by atoms with Crippen molar-refractivity contribution in [1.82, 2.24) is 14.6 Å². The summed E-state index contributed by atoms with van der Waals surface area (Å²) in [6.07, 6.45) is 5.00. The molecule has 2 N–H and O–H groups in total. The monoisotopic (exact) mass is 497 g/mol. The number of rotatable bonds is 6. The summed E-state index contributed by atoms with van der Waals surface area (Å²) < 4.78 is 8.27. The van der Waals surface area contributed by atoms with Gasteiger partial charge in [0, 0.05) is 55.8 Å². The Balaban J connectivity index is 1.38. The van der Waals surface area contributed by atoms with E-state index >= 15 is 0 Å². The molecule has 1 spiro atoms. The molecule has 0 saturated carbocycles. The highest BCUT2D eigenvalue weighted by atomic mass is 16.5. The minimum absolute atomic E-state index is 0.0712. The van der Waals surface area contributed by atoms with Gasteiger partial charge >= 0.3 is 0 Å². The van der Waals surface area contributed by atoms with Crippen molar-refractivity contribution >= 4 is 33.6 Å². The number of nitrogens with two attached hydrogens (primary N) is 1. The van der Waals surface area contributed by atoms with Crippen molar-refractivity contribution in [2.45, 2.75) is 19.4 Å². The normalized spacial score (nSPS) is 22.0. The number of fused-ring (bicyclic) bond motifs is 3. The van der Waals surface area contributed by atoms with Crippen LogP contribution in [-0.4, -0.2) is 59.7 Å². The molecule has 4 heterocycles. The summed E-state index contributed by atoms with van der Waals surface area (Å²) in [6.45, 7) is 3.03. The van der Waals surface area contributed by atoms with Gasteiger partial charge in [0.1, 0.15) is 0 Å². The van der Waals surface area contributed by atoms with Crippen molar-refractivity contribution in [2.75, 3.05) is 38.3 Å². The first-order valence-electron chi connectivity index (χ1n) is 12.8. The molecule has 0 aliphatic carbocycles. The first-order valence-corrected chi connectivity index (χ1v) is 12.8. The van der Waals surface area contributed by atoms with E-state index in [1.54, 1.807) is 6.20 Å². The second-order valence-corrected chi connectivity index (χ2v) is 10.3. The summed E-state index contributed by atoms with van der Waals surface area (Å²) in [5.41, 5.74) is 8.46. The highest BCUT2D eigenvalue weighted by Crippen LogP contribution is 2.45. The maximum Gasteiger partial charge on any atom is 0.252 e. The van der Waals surface area contributed by atoms with Gasteiger partial charge in [-0.1, -0.05) is 48.5 Å². The predicted molar refractivity (Wildman–Crippen MR) is 143 cm³/mol. The molecule has 2 aromatic heterocycles.